The van der Waals surface area contributed by atoms with Gasteiger partial charge in [0.2, 0.25) is 0 Å². The number of rotatable bonds is 10. The normalized spacial score (nSPS) is 11.8. The van der Waals surface area contributed by atoms with Gasteiger partial charge in [0.25, 0.3) is 0 Å². The molecule has 2 nitrogen and oxygen atoms in total. The van der Waals surface area contributed by atoms with E-state index in [-0.39, 0.29) is 0 Å². The highest BCUT2D eigenvalue weighted by atomic mass is 32.1. The summed E-state index contributed by atoms with van der Waals surface area (Å²) < 4.78 is 11.6. The number of furan rings is 1. The summed E-state index contributed by atoms with van der Waals surface area (Å²) in [5.41, 5.74) is 28.1. The second-order valence-electron chi connectivity index (χ2n) is 36.0. The van der Waals surface area contributed by atoms with Crippen molar-refractivity contribution in [3.8, 4) is 106 Å². The first kappa shape index (κ1) is 79.2. The smallest absolute Gasteiger partial charge is 0.136 e. The summed E-state index contributed by atoms with van der Waals surface area (Å²) in [6, 6.07) is 184. The van der Waals surface area contributed by atoms with E-state index < -0.39 is 0 Å². The lowest BCUT2D eigenvalue weighted by atomic mass is 9.82. The summed E-state index contributed by atoms with van der Waals surface area (Å²) in [7, 11) is 0. The molecule has 0 aliphatic heterocycles. The molecular weight excluding hydrogens is 1670 g/mol. The summed E-state index contributed by atoms with van der Waals surface area (Å²) in [6.45, 7) is 0. The zero-order valence-electron chi connectivity index (χ0n) is 74.7. The molecule has 0 aliphatic carbocycles. The van der Waals surface area contributed by atoms with Crippen LogP contribution < -0.4 is 0 Å². The Morgan fingerprint density at radius 3 is 1.04 bits per heavy atom. The van der Waals surface area contributed by atoms with Gasteiger partial charge in [0.15, 0.2) is 0 Å². The summed E-state index contributed by atoms with van der Waals surface area (Å²) in [5, 5.41) is 33.0. The van der Waals surface area contributed by atoms with Crippen LogP contribution in [-0.4, -0.2) is 4.57 Å². The highest BCUT2D eigenvalue weighted by Crippen LogP contribution is 2.54. The lowest BCUT2D eigenvalue weighted by molar-refractivity contribution is 0.669. The monoisotopic (exact) mass is 1750 g/mol. The first-order valence-corrected chi connectivity index (χ1v) is 48.1. The Balaban J connectivity index is 0.000000105. The molecule has 0 spiro atoms. The fourth-order valence-electron chi connectivity index (χ4n) is 22.8. The molecule has 3 heterocycles. The van der Waals surface area contributed by atoms with Gasteiger partial charge in [-0.15, -0.1) is 11.3 Å². The Hall–Kier alpha value is -17.6. The van der Waals surface area contributed by atoms with Gasteiger partial charge in [-0.2, -0.15) is 0 Å². The molecule has 0 bridgehead atoms. The maximum Gasteiger partial charge on any atom is 0.136 e. The average Bonchev–Trinajstić information content (AvgIpc) is 1.21. The summed E-state index contributed by atoms with van der Waals surface area (Å²) in [4.78, 5) is 0. The van der Waals surface area contributed by atoms with E-state index in [2.05, 4.69) is 508 Å². The van der Waals surface area contributed by atoms with E-state index in [9.17, 15) is 0 Å². The molecule has 0 aliphatic rings. The third kappa shape index (κ3) is 12.9. The fourth-order valence-corrected chi connectivity index (χ4v) is 24.0. The first-order valence-electron chi connectivity index (χ1n) is 47.3. The van der Waals surface area contributed by atoms with Crippen LogP contribution in [0.2, 0.25) is 0 Å². The summed E-state index contributed by atoms with van der Waals surface area (Å²) in [6.07, 6.45) is 0. The molecule has 0 unspecified atom stereocenters. The predicted octanol–water partition coefficient (Wildman–Crippen LogP) is 38.4. The molecule has 29 aromatic rings. The van der Waals surface area contributed by atoms with E-state index in [0.717, 1.165) is 16.9 Å². The van der Waals surface area contributed by atoms with Gasteiger partial charge in [0.05, 0.1) is 11.0 Å². The number of fused-ring (bicyclic) bond motifs is 18. The number of aromatic nitrogens is 1. The molecular formula is C134H83NOS. The Labute approximate surface area is 795 Å². The molecule has 0 saturated heterocycles. The second-order valence-corrected chi connectivity index (χ2v) is 37.1. The van der Waals surface area contributed by atoms with Gasteiger partial charge in [0, 0.05) is 52.8 Å². The largest absolute Gasteiger partial charge is 0.456 e. The van der Waals surface area contributed by atoms with Crippen LogP contribution in [0.4, 0.5) is 0 Å². The number of nitrogens with zero attached hydrogens (tertiary/aromatic N) is 1. The van der Waals surface area contributed by atoms with Gasteiger partial charge in [0.1, 0.15) is 11.2 Å². The number of thiophene rings is 1. The van der Waals surface area contributed by atoms with Crippen LogP contribution in [0.5, 0.6) is 0 Å². The average molecular weight is 1760 g/mol. The van der Waals surface area contributed by atoms with Crippen molar-refractivity contribution < 1.29 is 4.42 Å². The van der Waals surface area contributed by atoms with Gasteiger partial charge in [-0.05, 0) is 251 Å². The van der Waals surface area contributed by atoms with Crippen molar-refractivity contribution in [2.24, 2.45) is 0 Å². The Bertz CT molecular complexity index is 9700. The van der Waals surface area contributed by atoms with Gasteiger partial charge in [-0.3, -0.25) is 0 Å². The van der Waals surface area contributed by atoms with Gasteiger partial charge < -0.3 is 8.98 Å². The minimum Gasteiger partial charge on any atom is -0.456 e. The third-order valence-electron chi connectivity index (χ3n) is 28.7. The molecule has 137 heavy (non-hydrogen) atoms. The van der Waals surface area contributed by atoms with Crippen LogP contribution in [0.15, 0.2) is 508 Å². The van der Waals surface area contributed by atoms with Crippen molar-refractivity contribution in [3.05, 3.63) is 504 Å². The molecule has 636 valence electrons. The minimum absolute atomic E-state index is 0.941. The van der Waals surface area contributed by atoms with Crippen LogP contribution in [0.1, 0.15) is 0 Å². The Morgan fingerprint density at radius 1 is 0.161 bits per heavy atom. The van der Waals surface area contributed by atoms with E-state index in [1.807, 2.05) is 11.3 Å². The van der Waals surface area contributed by atoms with E-state index in [1.165, 1.54) is 261 Å². The molecule has 0 atom stereocenters. The molecule has 26 aromatic carbocycles. The fraction of sp³-hybridized carbons (Fsp3) is 0. The highest BCUT2D eigenvalue weighted by molar-refractivity contribution is 7.26. The standard InChI is InChI=1S/C50H31NS.C42H24O.C42H28/c1-3-13-32(14-4-1)35-25-28-43-45(31-35)51(44-30-29-42-37-17-11-12-22-46(37)52-50(42)49(43)44)36-26-23-34(24-27-36)48-40-20-9-7-18-38(40)47(33-15-5-2-6-16-33)39-19-8-10-21-41(39)48;1-2-13-26-25(11-1)12-9-20-28(26)38-31-16-5-7-18-33(31)39(34-19-8-6-17-32(34)38)35-23-24-37-42-40(35)29-15-4-3-14-27(29)30-21-10-22-36(43-37)41(30)42;1-3-13-29(14-4-1)30-23-25-31(26-24-30)33-27-28-40(35-18-8-7-17-34(33)35)42-38-21-11-9-19-36(38)41(32-15-5-2-6-16-32)37-20-10-12-22-39(37)42/h1-31H;1-24H;1-28H. The van der Waals surface area contributed by atoms with Gasteiger partial charge in [-0.25, -0.2) is 0 Å². The Morgan fingerprint density at radius 2 is 0.504 bits per heavy atom. The topological polar surface area (TPSA) is 18.1 Å². The number of benzene rings is 26. The highest BCUT2D eigenvalue weighted by Gasteiger charge is 2.28. The molecule has 3 heteroatoms. The third-order valence-corrected chi connectivity index (χ3v) is 29.9. The maximum absolute atomic E-state index is 6.47. The van der Waals surface area contributed by atoms with Gasteiger partial charge in [-0.1, -0.05) is 455 Å². The van der Waals surface area contributed by atoms with Crippen LogP contribution in [-0.2, 0) is 0 Å². The predicted molar refractivity (Wildman–Crippen MR) is 589 cm³/mol. The van der Waals surface area contributed by atoms with Crippen LogP contribution in [0, 0.1) is 0 Å². The second kappa shape index (κ2) is 32.7. The zero-order valence-corrected chi connectivity index (χ0v) is 75.5. The minimum atomic E-state index is 0.941. The lowest BCUT2D eigenvalue weighted by Crippen LogP contribution is -1.95. The SMILES string of the molecule is c1ccc(-c2ccc(-c3ccc(-c4c5ccccc5c(-c5ccccc5)c5ccccc45)c4ccccc34)cc2)cc1.c1ccc(-c2ccc3c4c5sc6ccccc6c5ccc4n(-c4ccc(-c5c6ccccc6c(-c6ccccc6)c6ccccc56)cc4)c3c2)cc1.c1ccc2c(-c3c4ccccc4c(-c4ccc5oc6cccc7c8ccccc8c4c5c67)c4ccccc34)cccc2c1. The van der Waals surface area contributed by atoms with E-state index >= 15 is 0 Å². The van der Waals surface area contributed by atoms with Gasteiger partial charge >= 0.3 is 0 Å². The molecule has 0 N–H and O–H groups in total. The Kier molecular flexibility index (Phi) is 18.9. The van der Waals surface area contributed by atoms with E-state index in [4.69, 9.17) is 4.42 Å². The quantitative estimate of drug-likeness (QED) is 0.0986. The van der Waals surface area contributed by atoms with Crippen LogP contribution in [0.3, 0.4) is 0 Å². The molecule has 29 rings (SSSR count). The molecule has 0 fully saturated rings. The molecule has 0 saturated carbocycles. The number of hydrogen-bond donors (Lipinski definition) is 0. The van der Waals surface area contributed by atoms with E-state index in [0.29, 0.717) is 0 Å². The van der Waals surface area contributed by atoms with Crippen LogP contribution >= 0.6 is 11.3 Å². The summed E-state index contributed by atoms with van der Waals surface area (Å²) in [5.74, 6) is 0. The van der Waals surface area contributed by atoms with Crippen LogP contribution in [0.25, 0.3) is 277 Å². The first-order chi connectivity index (χ1) is 68.0. The molecule has 0 radical (unpaired) electrons. The van der Waals surface area contributed by atoms with Crippen molar-refractivity contribution in [3.63, 3.8) is 0 Å². The molecule has 3 aromatic heterocycles. The van der Waals surface area contributed by atoms with Crippen molar-refractivity contribution >= 4 is 183 Å². The van der Waals surface area contributed by atoms with Crippen molar-refractivity contribution in [1.82, 2.24) is 4.57 Å². The zero-order chi connectivity index (χ0) is 90.1. The van der Waals surface area contributed by atoms with E-state index in [1.54, 1.807) is 0 Å². The van der Waals surface area contributed by atoms with Crippen molar-refractivity contribution in [1.29, 1.82) is 0 Å². The van der Waals surface area contributed by atoms with Crippen molar-refractivity contribution in [2.45, 2.75) is 0 Å². The maximum atomic E-state index is 6.47. The van der Waals surface area contributed by atoms with Crippen molar-refractivity contribution in [2.75, 3.05) is 0 Å². The molecule has 0 amide bonds. The number of hydrogen-bond acceptors (Lipinski definition) is 2. The lowest BCUT2D eigenvalue weighted by Gasteiger charge is -2.20. The summed E-state index contributed by atoms with van der Waals surface area (Å²) >= 11 is 1.90.